The molecule has 1 heterocycles. The van der Waals surface area contributed by atoms with Crippen LogP contribution in [0.4, 0.5) is 14.5 Å². The number of hydrogen-bond acceptors (Lipinski definition) is 4. The van der Waals surface area contributed by atoms with Gasteiger partial charge in [-0.1, -0.05) is 97.8 Å². The average molecular weight is 693 g/mol. The van der Waals surface area contributed by atoms with Crippen LogP contribution < -0.4 is 5.32 Å². The van der Waals surface area contributed by atoms with Crippen LogP contribution in [0.2, 0.25) is 0 Å². The molecule has 51 heavy (non-hydrogen) atoms. The van der Waals surface area contributed by atoms with E-state index in [0.29, 0.717) is 41.3 Å². The third-order valence-electron chi connectivity index (χ3n) is 10.4. The van der Waals surface area contributed by atoms with E-state index in [4.69, 9.17) is 4.74 Å². The lowest BCUT2D eigenvalue weighted by molar-refractivity contribution is -0.148. The summed E-state index contributed by atoms with van der Waals surface area (Å²) in [6, 6.07) is 31.1. The predicted molar refractivity (Wildman–Crippen MR) is 196 cm³/mol. The number of ether oxygens (including phenoxy) is 1. The quantitative estimate of drug-likeness (QED) is 0.159. The van der Waals surface area contributed by atoms with E-state index in [2.05, 4.69) is 17.4 Å². The van der Waals surface area contributed by atoms with Crippen molar-refractivity contribution in [3.63, 3.8) is 0 Å². The molecule has 3 atom stereocenters. The number of nitrogens with one attached hydrogen (secondary N) is 1. The maximum absolute atomic E-state index is 13.8. The number of likely N-dealkylation sites (tertiary alicyclic amines) is 1. The Kier molecular flexibility index (Phi) is 11.6. The molecule has 0 spiro atoms. The highest BCUT2D eigenvalue weighted by atomic mass is 19.3. The minimum atomic E-state index is -2.94. The van der Waals surface area contributed by atoms with Gasteiger partial charge in [0.25, 0.3) is 11.8 Å². The summed E-state index contributed by atoms with van der Waals surface area (Å²) >= 11 is 0. The van der Waals surface area contributed by atoms with Crippen molar-refractivity contribution in [1.82, 2.24) is 4.90 Å². The van der Waals surface area contributed by atoms with E-state index in [9.17, 15) is 23.2 Å². The van der Waals surface area contributed by atoms with Crippen molar-refractivity contribution in [2.75, 3.05) is 25.0 Å². The Morgan fingerprint density at radius 2 is 1.55 bits per heavy atom. The van der Waals surface area contributed by atoms with Gasteiger partial charge in [-0.15, -0.1) is 0 Å². The summed E-state index contributed by atoms with van der Waals surface area (Å²) in [6.45, 7) is 2.25. The van der Waals surface area contributed by atoms with Crippen LogP contribution in [0.3, 0.4) is 0 Å². The molecule has 1 saturated heterocycles. The van der Waals surface area contributed by atoms with E-state index < -0.39 is 5.92 Å². The summed E-state index contributed by atoms with van der Waals surface area (Å²) in [5, 5.41) is 3.01. The molecule has 6 nitrogen and oxygen atoms in total. The van der Waals surface area contributed by atoms with E-state index in [1.807, 2.05) is 54.6 Å². The maximum atomic E-state index is 13.8. The minimum absolute atomic E-state index is 0.0745. The summed E-state index contributed by atoms with van der Waals surface area (Å²) in [6.07, 6.45) is 7.34. The van der Waals surface area contributed by atoms with Crippen molar-refractivity contribution in [2.45, 2.75) is 76.0 Å². The zero-order valence-corrected chi connectivity index (χ0v) is 29.2. The zero-order valence-electron chi connectivity index (χ0n) is 29.2. The van der Waals surface area contributed by atoms with Crippen LogP contribution in [0, 0.1) is 5.92 Å². The second-order valence-corrected chi connectivity index (χ2v) is 13.9. The average Bonchev–Trinajstić information content (AvgIpc) is 3.54. The van der Waals surface area contributed by atoms with Crippen LogP contribution >= 0.6 is 0 Å². The molecule has 1 saturated carbocycles. The number of benzene rings is 4. The summed E-state index contributed by atoms with van der Waals surface area (Å²) in [5.41, 5.74) is 4.59. The third-order valence-corrected chi connectivity index (χ3v) is 10.4. The molecule has 8 heteroatoms. The monoisotopic (exact) mass is 692 g/mol. The highest BCUT2D eigenvalue weighted by Crippen LogP contribution is 2.40. The molecule has 4 aromatic rings. The fourth-order valence-corrected chi connectivity index (χ4v) is 7.63. The number of carbonyl (C=O) groups is 3. The van der Waals surface area contributed by atoms with Crippen molar-refractivity contribution in [3.05, 3.63) is 125 Å². The van der Waals surface area contributed by atoms with Crippen molar-refractivity contribution in [2.24, 2.45) is 5.92 Å². The van der Waals surface area contributed by atoms with E-state index in [1.54, 1.807) is 29.2 Å². The van der Waals surface area contributed by atoms with E-state index in [1.165, 1.54) is 17.7 Å². The number of anilines is 1. The topological polar surface area (TPSA) is 75.7 Å². The first kappa shape index (κ1) is 36.0. The highest BCUT2D eigenvalue weighted by molar-refractivity contribution is 6.08. The second kappa shape index (κ2) is 16.4. The van der Waals surface area contributed by atoms with Gasteiger partial charge in [0.1, 0.15) is 6.61 Å². The molecule has 1 aliphatic carbocycles. The number of carbonyl (C=O) groups excluding carboxylic acids is 3. The molecule has 6 rings (SSSR count). The summed E-state index contributed by atoms with van der Waals surface area (Å²) in [7, 11) is 0. The molecular formula is C43H46F2N2O4. The Labute approximate surface area is 299 Å². The molecule has 4 aromatic carbocycles. The normalized spacial score (nSPS) is 18.8. The van der Waals surface area contributed by atoms with Gasteiger partial charge in [0.15, 0.2) is 0 Å². The molecule has 3 unspecified atom stereocenters. The molecule has 0 aromatic heterocycles. The molecule has 266 valence electrons. The molecule has 2 fully saturated rings. The van der Waals surface area contributed by atoms with Crippen LogP contribution in [-0.2, 0) is 20.2 Å². The third kappa shape index (κ3) is 9.09. The lowest BCUT2D eigenvalue weighted by Gasteiger charge is -2.30. The molecule has 0 radical (unpaired) electrons. The van der Waals surface area contributed by atoms with Gasteiger partial charge in [0.05, 0.1) is 12.5 Å². The van der Waals surface area contributed by atoms with E-state index in [0.717, 1.165) is 64.0 Å². The summed E-state index contributed by atoms with van der Waals surface area (Å²) in [4.78, 5) is 40.9. The molecule has 2 amide bonds. The maximum Gasteiger partial charge on any atom is 0.313 e. The van der Waals surface area contributed by atoms with Gasteiger partial charge >= 0.3 is 5.97 Å². The molecule has 1 aliphatic heterocycles. The summed E-state index contributed by atoms with van der Waals surface area (Å²) in [5.74, 6) is -3.18. The van der Waals surface area contributed by atoms with Gasteiger partial charge in [0, 0.05) is 36.7 Å². The standard InChI is InChI=1S/C43H46F2N2O4/c1-43(44,45)35-23-19-32(20-24-35)37-14-7-8-15-38(37)41(49)46-36-25-21-31(22-26-36)30-10-5-6-13-34(18-17-30)40(33-11-3-2-4-12-33)42(50)51-29-28-47-27-9-16-39(47)48/h2-4,7-8,11-12,14-15,19-26,30,34,40H,5-6,9-10,13,16-18,27-29H2,1H3,(H,46,49). The van der Waals surface area contributed by atoms with Gasteiger partial charge < -0.3 is 15.0 Å². The minimum Gasteiger partial charge on any atom is -0.463 e. The Balaban J connectivity index is 1.10. The Hall–Kier alpha value is -4.85. The van der Waals surface area contributed by atoms with Crippen LogP contribution in [-0.4, -0.2) is 42.4 Å². The molecule has 1 N–H and O–H groups in total. The Morgan fingerprint density at radius 3 is 2.25 bits per heavy atom. The van der Waals surface area contributed by atoms with Gasteiger partial charge in [-0.2, -0.15) is 0 Å². The molecular weight excluding hydrogens is 646 g/mol. The molecule has 0 bridgehead atoms. The number of amides is 2. The van der Waals surface area contributed by atoms with Crippen molar-refractivity contribution >= 4 is 23.5 Å². The van der Waals surface area contributed by atoms with Crippen LogP contribution in [0.15, 0.2) is 103 Å². The number of esters is 1. The highest BCUT2D eigenvalue weighted by Gasteiger charge is 2.33. The largest absolute Gasteiger partial charge is 0.463 e. The number of nitrogens with zero attached hydrogens (tertiary/aromatic N) is 1. The van der Waals surface area contributed by atoms with E-state index >= 15 is 0 Å². The first-order chi connectivity index (χ1) is 24.7. The van der Waals surface area contributed by atoms with Crippen LogP contribution in [0.25, 0.3) is 11.1 Å². The Morgan fingerprint density at radius 1 is 0.843 bits per heavy atom. The van der Waals surface area contributed by atoms with Gasteiger partial charge in [-0.25, -0.2) is 8.78 Å². The Bertz CT molecular complexity index is 1790. The smallest absolute Gasteiger partial charge is 0.313 e. The fraction of sp³-hybridized carbons (Fsp3) is 0.372. The summed E-state index contributed by atoms with van der Waals surface area (Å²) < 4.78 is 33.4. The van der Waals surface area contributed by atoms with Crippen molar-refractivity contribution < 1.29 is 27.9 Å². The van der Waals surface area contributed by atoms with Crippen molar-refractivity contribution in [3.8, 4) is 11.1 Å². The van der Waals surface area contributed by atoms with E-state index in [-0.39, 0.29) is 41.8 Å². The first-order valence-corrected chi connectivity index (χ1v) is 18.2. The number of rotatable bonds is 11. The fourth-order valence-electron chi connectivity index (χ4n) is 7.63. The van der Waals surface area contributed by atoms with Crippen LogP contribution in [0.1, 0.15) is 97.2 Å². The van der Waals surface area contributed by atoms with Gasteiger partial charge in [-0.3, -0.25) is 14.4 Å². The van der Waals surface area contributed by atoms with Crippen molar-refractivity contribution in [1.29, 1.82) is 0 Å². The first-order valence-electron chi connectivity index (χ1n) is 18.2. The lowest BCUT2D eigenvalue weighted by atomic mass is 9.75. The van der Waals surface area contributed by atoms with Crippen LogP contribution in [0.5, 0.6) is 0 Å². The lowest BCUT2D eigenvalue weighted by Crippen LogP contribution is -2.31. The van der Waals surface area contributed by atoms with Gasteiger partial charge in [-0.05, 0) is 84.4 Å². The zero-order chi connectivity index (χ0) is 35.8. The SMILES string of the molecule is CC(F)(F)c1ccc(-c2ccccc2C(=O)Nc2ccc(C3CCCCC(C(C(=O)OCCN4CCCC4=O)c4ccccc4)CC3)cc2)cc1. The number of hydrogen-bond donors (Lipinski definition) is 1. The molecule has 2 aliphatic rings. The number of alkyl halides is 2. The predicted octanol–water partition coefficient (Wildman–Crippen LogP) is 9.72. The second-order valence-electron chi connectivity index (χ2n) is 13.9. The number of halogens is 2. The van der Waals surface area contributed by atoms with Gasteiger partial charge in [0.2, 0.25) is 5.91 Å².